The quantitative estimate of drug-likeness (QED) is 0.412. The minimum absolute atomic E-state index is 0.0298. The van der Waals surface area contributed by atoms with Gasteiger partial charge in [0.2, 0.25) is 5.91 Å². The molecule has 2 aromatic rings. The van der Waals surface area contributed by atoms with Crippen molar-refractivity contribution in [3.05, 3.63) is 63.7 Å². The molecule has 9 heteroatoms. The van der Waals surface area contributed by atoms with E-state index in [2.05, 4.69) is 16.0 Å². The Morgan fingerprint density at radius 2 is 1.78 bits per heavy atom. The Hall–Kier alpha value is -3.33. The van der Waals surface area contributed by atoms with E-state index < -0.39 is 10.8 Å². The zero-order valence-corrected chi connectivity index (χ0v) is 15.6. The van der Waals surface area contributed by atoms with Crippen LogP contribution in [0, 0.1) is 17.0 Å². The number of carbonyl (C=O) groups is 2. The fraction of sp³-hybridized carbons (Fsp3) is 0.167. The van der Waals surface area contributed by atoms with Crippen molar-refractivity contribution in [1.82, 2.24) is 5.32 Å². The van der Waals surface area contributed by atoms with Gasteiger partial charge >= 0.3 is 0 Å². The maximum atomic E-state index is 12.3. The first-order valence-electron chi connectivity index (χ1n) is 8.07. The fourth-order valence-corrected chi connectivity index (χ4v) is 2.42. The Balaban J connectivity index is 2.04. The van der Waals surface area contributed by atoms with Gasteiger partial charge in [-0.1, -0.05) is 19.1 Å². The number of nitro benzene ring substituents is 1. The Labute approximate surface area is 161 Å². The number of amides is 2. The number of nitrogens with zero attached hydrogens (tertiary/aromatic N) is 1. The molecule has 8 nitrogen and oxygen atoms in total. The number of thiocarbonyl (C=S) groups is 1. The van der Waals surface area contributed by atoms with Gasteiger partial charge in [-0.05, 0) is 43.4 Å². The Kier molecular flexibility index (Phi) is 6.56. The van der Waals surface area contributed by atoms with Crippen molar-refractivity contribution >= 4 is 46.2 Å². The molecule has 3 N–H and O–H groups in total. The third-order valence-electron chi connectivity index (χ3n) is 3.62. The Morgan fingerprint density at radius 1 is 1.11 bits per heavy atom. The number of carbonyl (C=O) groups excluding carboxylic acids is 2. The summed E-state index contributed by atoms with van der Waals surface area (Å²) in [4.78, 5) is 34.2. The number of nitrogens with one attached hydrogen (secondary N) is 3. The molecule has 27 heavy (non-hydrogen) atoms. The predicted molar refractivity (Wildman–Crippen MR) is 107 cm³/mol. The van der Waals surface area contributed by atoms with E-state index in [0.29, 0.717) is 23.4 Å². The van der Waals surface area contributed by atoms with Crippen molar-refractivity contribution in [3.63, 3.8) is 0 Å². The normalized spacial score (nSPS) is 10.0. The molecule has 2 amide bonds. The van der Waals surface area contributed by atoms with Gasteiger partial charge in [0.1, 0.15) is 0 Å². The Morgan fingerprint density at radius 3 is 2.41 bits per heavy atom. The topological polar surface area (TPSA) is 113 Å². The smallest absolute Gasteiger partial charge is 0.273 e. The molecule has 140 valence electrons. The zero-order chi connectivity index (χ0) is 20.0. The van der Waals surface area contributed by atoms with E-state index in [1.54, 1.807) is 38.1 Å². The number of hydrogen-bond acceptors (Lipinski definition) is 5. The molecular formula is C18H18N4O4S. The van der Waals surface area contributed by atoms with Gasteiger partial charge in [-0.2, -0.15) is 0 Å². The molecule has 0 aliphatic heterocycles. The summed E-state index contributed by atoms with van der Waals surface area (Å²) in [5.41, 5.74) is 1.61. The van der Waals surface area contributed by atoms with Crippen LogP contribution in [0.15, 0.2) is 42.5 Å². The molecule has 0 heterocycles. The summed E-state index contributed by atoms with van der Waals surface area (Å²) < 4.78 is 0. The number of nitro groups is 1. The lowest BCUT2D eigenvalue weighted by Crippen LogP contribution is -2.34. The van der Waals surface area contributed by atoms with Gasteiger partial charge in [-0.25, -0.2) is 0 Å². The van der Waals surface area contributed by atoms with Gasteiger partial charge in [0.25, 0.3) is 11.6 Å². The third-order valence-corrected chi connectivity index (χ3v) is 3.82. The highest BCUT2D eigenvalue weighted by Gasteiger charge is 2.15. The van der Waals surface area contributed by atoms with Gasteiger partial charge in [0.15, 0.2) is 5.11 Å². The summed E-state index contributed by atoms with van der Waals surface area (Å²) in [7, 11) is 0. The number of rotatable bonds is 5. The largest absolute Gasteiger partial charge is 0.332 e. The van der Waals surface area contributed by atoms with Crippen molar-refractivity contribution in [2.75, 3.05) is 10.6 Å². The van der Waals surface area contributed by atoms with Crippen LogP contribution in [-0.4, -0.2) is 21.9 Å². The van der Waals surface area contributed by atoms with E-state index in [-0.39, 0.29) is 22.3 Å². The highest BCUT2D eigenvalue weighted by Crippen LogP contribution is 2.19. The molecule has 2 rings (SSSR count). The highest BCUT2D eigenvalue weighted by molar-refractivity contribution is 7.80. The van der Waals surface area contributed by atoms with E-state index in [9.17, 15) is 19.7 Å². The molecule has 0 fully saturated rings. The van der Waals surface area contributed by atoms with Crippen LogP contribution >= 0.6 is 12.2 Å². The molecule has 0 saturated heterocycles. The fourth-order valence-electron chi connectivity index (χ4n) is 2.21. The standard InChI is InChI=1S/C18H18N4O4S/c1-3-16(23)19-13-5-4-6-14(10-13)20-18(27)21-17(24)12-8-7-11(2)15(9-12)22(25)26/h4-10H,3H2,1-2H3,(H,19,23)(H2,20,21,24,27). The maximum absolute atomic E-state index is 12.3. The summed E-state index contributed by atoms with van der Waals surface area (Å²) in [6, 6.07) is 11.0. The minimum Gasteiger partial charge on any atom is -0.332 e. The summed E-state index contributed by atoms with van der Waals surface area (Å²) in [6.07, 6.45) is 0.356. The van der Waals surface area contributed by atoms with Crippen LogP contribution in [0.2, 0.25) is 0 Å². The molecule has 0 aromatic heterocycles. The molecule has 0 bridgehead atoms. The second kappa shape index (κ2) is 8.86. The second-order valence-electron chi connectivity index (χ2n) is 5.65. The van der Waals surface area contributed by atoms with Crippen LogP contribution in [0.25, 0.3) is 0 Å². The van der Waals surface area contributed by atoms with Gasteiger partial charge in [-0.3, -0.25) is 25.0 Å². The lowest BCUT2D eigenvalue weighted by atomic mass is 10.1. The molecule has 0 unspecified atom stereocenters. The first kappa shape index (κ1) is 20.0. The van der Waals surface area contributed by atoms with E-state index in [4.69, 9.17) is 12.2 Å². The molecule has 0 aliphatic carbocycles. The van der Waals surface area contributed by atoms with Crippen LogP contribution in [0.4, 0.5) is 17.1 Å². The molecule has 2 aromatic carbocycles. The third kappa shape index (κ3) is 5.58. The molecule has 0 atom stereocenters. The van der Waals surface area contributed by atoms with Crippen molar-refractivity contribution in [3.8, 4) is 0 Å². The van der Waals surface area contributed by atoms with Crippen molar-refractivity contribution in [2.24, 2.45) is 0 Å². The molecule has 0 spiro atoms. The summed E-state index contributed by atoms with van der Waals surface area (Å²) in [5.74, 6) is -0.685. The maximum Gasteiger partial charge on any atom is 0.273 e. The first-order valence-corrected chi connectivity index (χ1v) is 8.48. The van der Waals surface area contributed by atoms with E-state index in [1.165, 1.54) is 18.2 Å². The van der Waals surface area contributed by atoms with Crippen molar-refractivity contribution in [2.45, 2.75) is 20.3 Å². The summed E-state index contributed by atoms with van der Waals surface area (Å²) >= 11 is 5.11. The van der Waals surface area contributed by atoms with Crippen LogP contribution in [0.1, 0.15) is 29.3 Å². The summed E-state index contributed by atoms with van der Waals surface area (Å²) in [6.45, 7) is 3.34. The van der Waals surface area contributed by atoms with Crippen LogP contribution in [-0.2, 0) is 4.79 Å². The zero-order valence-electron chi connectivity index (χ0n) is 14.7. The number of benzene rings is 2. The number of aryl methyl sites for hydroxylation is 1. The number of hydrogen-bond donors (Lipinski definition) is 3. The first-order chi connectivity index (χ1) is 12.8. The molecule has 0 saturated carbocycles. The average Bonchev–Trinajstić information content (AvgIpc) is 2.61. The van der Waals surface area contributed by atoms with Crippen molar-refractivity contribution in [1.29, 1.82) is 0 Å². The molecule has 0 aliphatic rings. The van der Waals surface area contributed by atoms with Gasteiger partial charge in [-0.15, -0.1) is 0 Å². The highest BCUT2D eigenvalue weighted by atomic mass is 32.1. The van der Waals surface area contributed by atoms with Crippen LogP contribution in [0.5, 0.6) is 0 Å². The lowest BCUT2D eigenvalue weighted by molar-refractivity contribution is -0.385. The van der Waals surface area contributed by atoms with E-state index >= 15 is 0 Å². The van der Waals surface area contributed by atoms with Crippen LogP contribution in [0.3, 0.4) is 0 Å². The van der Waals surface area contributed by atoms with Gasteiger partial charge in [0.05, 0.1) is 4.92 Å². The van der Waals surface area contributed by atoms with Crippen LogP contribution < -0.4 is 16.0 Å². The predicted octanol–water partition coefficient (Wildman–Crippen LogP) is 3.38. The average molecular weight is 386 g/mol. The SMILES string of the molecule is CCC(=O)Nc1cccc(NC(=S)NC(=O)c2ccc(C)c([N+](=O)[O-])c2)c1. The monoisotopic (exact) mass is 386 g/mol. The second-order valence-corrected chi connectivity index (χ2v) is 6.06. The molecular weight excluding hydrogens is 368 g/mol. The Bertz CT molecular complexity index is 914. The van der Waals surface area contributed by atoms with Gasteiger partial charge in [0, 0.05) is 35.0 Å². The van der Waals surface area contributed by atoms with Gasteiger partial charge < -0.3 is 10.6 Å². The van der Waals surface area contributed by atoms with E-state index in [1.807, 2.05) is 0 Å². The molecule has 0 radical (unpaired) electrons. The number of anilines is 2. The summed E-state index contributed by atoms with van der Waals surface area (Å²) in [5, 5.41) is 19.1. The minimum atomic E-state index is -0.564. The lowest BCUT2D eigenvalue weighted by Gasteiger charge is -2.11. The van der Waals surface area contributed by atoms with E-state index in [0.717, 1.165) is 0 Å². The van der Waals surface area contributed by atoms with Crippen molar-refractivity contribution < 1.29 is 14.5 Å².